The molecule has 0 unspecified atom stereocenters. The van der Waals surface area contributed by atoms with Gasteiger partial charge >= 0.3 is 0 Å². The number of hydrogen-bond donors (Lipinski definition) is 0. The lowest BCUT2D eigenvalue weighted by Gasteiger charge is -1.97. The second kappa shape index (κ2) is 5.45. The fourth-order valence-electron chi connectivity index (χ4n) is 1.34. The van der Waals surface area contributed by atoms with Gasteiger partial charge in [0.25, 0.3) is 5.69 Å². The van der Waals surface area contributed by atoms with Crippen LogP contribution < -0.4 is 4.98 Å². The monoisotopic (exact) mass is 247 g/mol. The summed E-state index contributed by atoms with van der Waals surface area (Å²) in [7, 11) is 0. The predicted molar refractivity (Wildman–Crippen MR) is 65.7 cm³/mol. The molecule has 0 saturated heterocycles. The van der Waals surface area contributed by atoms with Crippen molar-refractivity contribution in [3.05, 3.63) is 64.3 Å². The smallest absolute Gasteiger partial charge is 0.258 e. The Bertz CT molecular complexity index is 500. The maximum atomic E-state index is 10.5. The molecule has 0 aliphatic rings. The Morgan fingerprint density at radius 3 is 2.53 bits per heavy atom. The van der Waals surface area contributed by atoms with Crippen LogP contribution >= 0.6 is 11.8 Å². The van der Waals surface area contributed by atoms with Crippen LogP contribution in [0.25, 0.3) is 0 Å². The summed E-state index contributed by atoms with van der Waals surface area (Å²) < 4.78 is 0. The van der Waals surface area contributed by atoms with E-state index in [2.05, 4.69) is 4.98 Å². The van der Waals surface area contributed by atoms with E-state index < -0.39 is 0 Å². The highest BCUT2D eigenvalue weighted by Gasteiger charge is 2.05. The fraction of sp³-hybridized carbons (Fsp3) is 0.0833. The van der Waals surface area contributed by atoms with Crippen molar-refractivity contribution in [2.45, 2.75) is 10.8 Å². The number of hydrogen-bond acceptors (Lipinski definition) is 3. The van der Waals surface area contributed by atoms with E-state index in [0.717, 1.165) is 16.3 Å². The molecule has 4 nitrogen and oxygen atoms in total. The number of nitrogens with one attached hydrogen (secondary N) is 1. The zero-order valence-corrected chi connectivity index (χ0v) is 9.81. The Hall–Kier alpha value is -1.88. The third-order valence-electron chi connectivity index (χ3n) is 2.22. The summed E-state index contributed by atoms with van der Waals surface area (Å²) in [4.78, 5) is 13.2. The molecule has 1 heterocycles. The molecule has 2 aromatic rings. The number of thioether (sulfide) groups is 1. The molecule has 0 aliphatic carbocycles. The van der Waals surface area contributed by atoms with Gasteiger partial charge in [0.1, 0.15) is 0 Å². The second-order valence-electron chi connectivity index (χ2n) is 3.44. The Morgan fingerprint density at radius 1 is 1.18 bits per heavy atom. The quantitative estimate of drug-likeness (QED) is 0.474. The van der Waals surface area contributed by atoms with Gasteiger partial charge in [0.15, 0.2) is 6.20 Å². The standard InChI is InChI=1S/C12H10N2O2S/c15-14(16)11-6-4-10(5-7-11)9-17-12-3-1-2-8-13-12/h1-8H,9H2/p+1. The average molecular weight is 247 g/mol. The molecule has 0 atom stereocenters. The summed E-state index contributed by atoms with van der Waals surface area (Å²) in [6.07, 6.45) is 1.87. The molecule has 1 aromatic heterocycles. The van der Waals surface area contributed by atoms with Gasteiger partial charge in [-0.3, -0.25) is 10.1 Å². The molecule has 0 aliphatic heterocycles. The maximum Gasteiger partial charge on any atom is 0.269 e. The van der Waals surface area contributed by atoms with E-state index in [1.807, 2.05) is 24.4 Å². The number of nitrogens with zero attached hydrogens (tertiary/aromatic N) is 1. The molecule has 0 spiro atoms. The SMILES string of the molecule is O=[N+]([O-])c1ccc(CSc2cccc[nH+]2)cc1. The third kappa shape index (κ3) is 3.29. The van der Waals surface area contributed by atoms with E-state index in [1.54, 1.807) is 23.9 Å². The number of non-ortho nitro benzene ring substituents is 1. The lowest BCUT2D eigenvalue weighted by Crippen LogP contribution is -2.03. The molecule has 2 rings (SSSR count). The topological polar surface area (TPSA) is 57.3 Å². The lowest BCUT2D eigenvalue weighted by atomic mass is 10.2. The van der Waals surface area contributed by atoms with Crippen LogP contribution in [0.2, 0.25) is 0 Å². The van der Waals surface area contributed by atoms with Crippen LogP contribution in [0, 0.1) is 10.1 Å². The first-order chi connectivity index (χ1) is 8.25. The van der Waals surface area contributed by atoms with E-state index in [-0.39, 0.29) is 10.6 Å². The highest BCUT2D eigenvalue weighted by molar-refractivity contribution is 7.98. The molecule has 0 bridgehead atoms. The first kappa shape index (κ1) is 11.6. The molecule has 17 heavy (non-hydrogen) atoms. The molecule has 0 saturated carbocycles. The van der Waals surface area contributed by atoms with Crippen molar-refractivity contribution >= 4 is 17.4 Å². The Labute approximate surface area is 103 Å². The minimum absolute atomic E-state index is 0.130. The summed E-state index contributed by atoms with van der Waals surface area (Å²) in [6.45, 7) is 0. The van der Waals surface area contributed by atoms with Crippen molar-refractivity contribution in [1.82, 2.24) is 0 Å². The van der Waals surface area contributed by atoms with E-state index in [9.17, 15) is 10.1 Å². The van der Waals surface area contributed by atoms with Gasteiger partial charge in [-0.25, -0.2) is 4.98 Å². The van der Waals surface area contributed by atoms with Crippen molar-refractivity contribution in [2.75, 3.05) is 0 Å². The van der Waals surface area contributed by atoms with Crippen molar-refractivity contribution in [3.63, 3.8) is 0 Å². The number of pyridine rings is 1. The summed E-state index contributed by atoms with van der Waals surface area (Å²) >= 11 is 1.66. The van der Waals surface area contributed by atoms with Gasteiger partial charge < -0.3 is 0 Å². The number of benzene rings is 1. The minimum Gasteiger partial charge on any atom is -0.258 e. The minimum atomic E-state index is -0.387. The van der Waals surface area contributed by atoms with Gasteiger partial charge in [-0.1, -0.05) is 23.9 Å². The third-order valence-corrected chi connectivity index (χ3v) is 3.26. The van der Waals surface area contributed by atoms with Crippen LogP contribution in [0.15, 0.2) is 53.7 Å². The molecule has 0 amide bonds. The zero-order chi connectivity index (χ0) is 12.1. The summed E-state index contributed by atoms with van der Waals surface area (Å²) in [5, 5.41) is 11.6. The van der Waals surface area contributed by atoms with Gasteiger partial charge in [0.05, 0.1) is 4.92 Å². The van der Waals surface area contributed by atoms with Crippen LogP contribution in [-0.4, -0.2) is 4.92 Å². The van der Waals surface area contributed by atoms with E-state index >= 15 is 0 Å². The number of aromatic amines is 1. The maximum absolute atomic E-state index is 10.5. The van der Waals surface area contributed by atoms with E-state index in [1.165, 1.54) is 12.1 Å². The predicted octanol–water partition coefficient (Wildman–Crippen LogP) is 2.70. The molecule has 86 valence electrons. The number of aromatic nitrogens is 1. The number of H-pyrrole nitrogens is 1. The largest absolute Gasteiger partial charge is 0.269 e. The van der Waals surface area contributed by atoms with Gasteiger partial charge in [-0.05, 0) is 11.6 Å². The molecule has 0 radical (unpaired) electrons. The Kier molecular flexibility index (Phi) is 3.72. The highest BCUT2D eigenvalue weighted by atomic mass is 32.2. The Balaban J connectivity index is 1.98. The average Bonchev–Trinajstić information content (AvgIpc) is 2.38. The van der Waals surface area contributed by atoms with Crippen LogP contribution in [0.3, 0.4) is 0 Å². The molecule has 5 heteroatoms. The second-order valence-corrected chi connectivity index (χ2v) is 4.46. The molecule has 1 N–H and O–H groups in total. The molecular weight excluding hydrogens is 236 g/mol. The van der Waals surface area contributed by atoms with Gasteiger partial charge in [0, 0.05) is 30.0 Å². The Morgan fingerprint density at radius 2 is 1.94 bits per heavy atom. The van der Waals surface area contributed by atoms with Crippen LogP contribution in [-0.2, 0) is 5.75 Å². The van der Waals surface area contributed by atoms with E-state index in [0.29, 0.717) is 0 Å². The fourth-order valence-corrected chi connectivity index (χ4v) is 2.18. The molecular formula is C12H11N2O2S+. The summed E-state index contributed by atoms with van der Waals surface area (Å²) in [5.74, 6) is 0.790. The number of nitro groups is 1. The normalized spacial score (nSPS) is 10.1. The first-order valence-corrected chi connectivity index (χ1v) is 6.07. The number of nitro benzene ring substituents is 1. The van der Waals surface area contributed by atoms with Crippen molar-refractivity contribution < 1.29 is 9.91 Å². The van der Waals surface area contributed by atoms with Crippen molar-refractivity contribution in [2.24, 2.45) is 0 Å². The van der Waals surface area contributed by atoms with Crippen LogP contribution in [0.4, 0.5) is 5.69 Å². The highest BCUT2D eigenvalue weighted by Crippen LogP contribution is 2.20. The van der Waals surface area contributed by atoms with E-state index in [4.69, 9.17) is 0 Å². The summed E-state index contributed by atoms with van der Waals surface area (Å²) in [5.41, 5.74) is 1.20. The molecule has 0 fully saturated rings. The number of rotatable bonds is 4. The molecule has 1 aromatic carbocycles. The zero-order valence-electron chi connectivity index (χ0n) is 9.00. The lowest BCUT2D eigenvalue weighted by molar-refractivity contribution is -0.426. The van der Waals surface area contributed by atoms with Gasteiger partial charge in [0.2, 0.25) is 5.03 Å². The van der Waals surface area contributed by atoms with Crippen LogP contribution in [0.1, 0.15) is 5.56 Å². The van der Waals surface area contributed by atoms with Crippen LogP contribution in [0.5, 0.6) is 0 Å². The summed E-state index contributed by atoms with van der Waals surface area (Å²) in [6, 6.07) is 12.5. The van der Waals surface area contributed by atoms with Gasteiger partial charge in [-0.15, -0.1) is 0 Å². The first-order valence-electron chi connectivity index (χ1n) is 5.08. The van der Waals surface area contributed by atoms with Crippen molar-refractivity contribution in [3.8, 4) is 0 Å². The van der Waals surface area contributed by atoms with Crippen molar-refractivity contribution in [1.29, 1.82) is 0 Å². The van der Waals surface area contributed by atoms with Gasteiger partial charge in [-0.2, -0.15) is 0 Å².